The zero-order chi connectivity index (χ0) is 16.8. The second-order valence-electron chi connectivity index (χ2n) is 6.07. The SMILES string of the molecule is [O-][N+]1=c2c(c3ccccc3c3ccccc23)=NOC1c1ccccc1. The van der Waals surface area contributed by atoms with Crippen molar-refractivity contribution in [3.63, 3.8) is 0 Å². The van der Waals surface area contributed by atoms with E-state index in [9.17, 15) is 5.21 Å². The average Bonchev–Trinajstić information content (AvgIpc) is 2.69. The van der Waals surface area contributed by atoms with E-state index in [0.29, 0.717) is 10.7 Å². The first-order valence-electron chi connectivity index (χ1n) is 8.16. The van der Waals surface area contributed by atoms with E-state index in [1.807, 2.05) is 78.9 Å². The Kier molecular flexibility index (Phi) is 2.97. The molecule has 1 heterocycles. The van der Waals surface area contributed by atoms with Crippen LogP contribution < -0.4 is 15.5 Å². The van der Waals surface area contributed by atoms with E-state index in [1.165, 1.54) is 0 Å². The standard InChI is InChI=1S/C21H14N2O2/c24-23-20-18-13-7-5-11-16(18)15-10-4-6-12-17(15)19(20)22-25-21(23)14-8-2-1-3-9-14/h1-13,21H. The van der Waals surface area contributed by atoms with Crippen LogP contribution in [-0.4, -0.2) is 0 Å². The van der Waals surface area contributed by atoms with Crippen LogP contribution in [0.5, 0.6) is 0 Å². The highest BCUT2D eigenvalue weighted by molar-refractivity contribution is 6.06. The second-order valence-corrected chi connectivity index (χ2v) is 6.07. The third-order valence-corrected chi connectivity index (χ3v) is 4.64. The normalized spacial score (nSPS) is 16.3. The van der Waals surface area contributed by atoms with Crippen LogP contribution in [0.4, 0.5) is 0 Å². The lowest BCUT2D eigenvalue weighted by Gasteiger charge is -2.19. The Labute approximate surface area is 143 Å². The van der Waals surface area contributed by atoms with E-state index in [2.05, 4.69) is 5.16 Å². The summed E-state index contributed by atoms with van der Waals surface area (Å²) in [5.41, 5.74) is 0.782. The van der Waals surface area contributed by atoms with Crippen molar-refractivity contribution in [1.29, 1.82) is 0 Å². The Balaban J connectivity index is 1.97. The Bertz CT molecular complexity index is 1230. The summed E-state index contributed by atoms with van der Waals surface area (Å²) in [6.07, 6.45) is -0.779. The van der Waals surface area contributed by atoms with Gasteiger partial charge in [-0.15, -0.1) is 0 Å². The monoisotopic (exact) mass is 326 g/mol. The Morgan fingerprint density at radius 2 is 1.28 bits per heavy atom. The molecule has 0 spiro atoms. The Morgan fingerprint density at radius 1 is 0.720 bits per heavy atom. The van der Waals surface area contributed by atoms with Crippen LogP contribution in [-0.2, 0) is 4.84 Å². The molecular formula is C21H14N2O2. The van der Waals surface area contributed by atoms with Gasteiger partial charge in [-0.25, -0.2) is 0 Å². The smallest absolute Gasteiger partial charge is 0.357 e. The lowest BCUT2D eigenvalue weighted by Crippen LogP contribution is -2.44. The minimum Gasteiger partial charge on any atom is -0.620 e. The lowest BCUT2D eigenvalue weighted by atomic mass is 10.0. The van der Waals surface area contributed by atoms with Crippen molar-refractivity contribution < 1.29 is 4.84 Å². The minimum atomic E-state index is -0.779. The lowest BCUT2D eigenvalue weighted by molar-refractivity contribution is 0.0106. The van der Waals surface area contributed by atoms with Crippen LogP contribution in [0.3, 0.4) is 0 Å². The average molecular weight is 326 g/mol. The van der Waals surface area contributed by atoms with Gasteiger partial charge in [-0.05, 0) is 29.0 Å². The highest BCUT2D eigenvalue weighted by Crippen LogP contribution is 2.23. The molecule has 4 aromatic rings. The molecule has 0 bridgehead atoms. The zero-order valence-electron chi connectivity index (χ0n) is 13.3. The molecule has 1 unspecified atom stereocenters. The molecule has 0 saturated heterocycles. The fraction of sp³-hybridized carbons (Fsp3) is 0.0476. The third kappa shape index (κ3) is 2.01. The van der Waals surface area contributed by atoms with Crippen molar-refractivity contribution in [2.24, 2.45) is 5.16 Å². The van der Waals surface area contributed by atoms with Gasteiger partial charge in [-0.2, -0.15) is 4.74 Å². The minimum absolute atomic E-state index is 0.564. The van der Waals surface area contributed by atoms with E-state index in [4.69, 9.17) is 4.84 Å². The Morgan fingerprint density at radius 3 is 2.00 bits per heavy atom. The molecule has 0 radical (unpaired) electrons. The van der Waals surface area contributed by atoms with Gasteiger partial charge < -0.3 is 10.0 Å². The van der Waals surface area contributed by atoms with Crippen LogP contribution in [0.2, 0.25) is 0 Å². The molecule has 0 saturated carbocycles. The highest BCUT2D eigenvalue weighted by Gasteiger charge is 2.27. The summed E-state index contributed by atoms with van der Waals surface area (Å²) in [4.78, 5) is 5.60. The van der Waals surface area contributed by atoms with Gasteiger partial charge in [-0.3, -0.25) is 0 Å². The molecule has 1 aliphatic heterocycles. The van der Waals surface area contributed by atoms with Crippen LogP contribution in [0.25, 0.3) is 21.5 Å². The molecule has 0 amide bonds. The predicted octanol–water partition coefficient (Wildman–Crippen LogP) is 3.25. The van der Waals surface area contributed by atoms with E-state index < -0.39 is 6.23 Å². The second kappa shape index (κ2) is 5.31. The maximum atomic E-state index is 13.2. The largest absolute Gasteiger partial charge is 0.620 e. The topological polar surface area (TPSA) is 47.7 Å². The predicted molar refractivity (Wildman–Crippen MR) is 97.1 cm³/mol. The van der Waals surface area contributed by atoms with E-state index in [1.54, 1.807) is 0 Å². The van der Waals surface area contributed by atoms with Gasteiger partial charge in [0.15, 0.2) is 5.36 Å². The van der Waals surface area contributed by atoms with Crippen LogP contribution in [0.1, 0.15) is 11.8 Å². The molecule has 0 N–H and O–H groups in total. The van der Waals surface area contributed by atoms with Crippen molar-refractivity contribution in [2.75, 3.05) is 0 Å². The number of rotatable bonds is 1. The number of nitrogens with zero attached hydrogens (tertiary/aromatic N) is 2. The molecule has 4 nitrogen and oxygen atoms in total. The molecule has 120 valence electrons. The number of hydroxylamine groups is 1. The first-order valence-corrected chi connectivity index (χ1v) is 8.16. The summed E-state index contributed by atoms with van der Waals surface area (Å²) in [5.74, 6) is 0. The number of hydrogen-bond donors (Lipinski definition) is 0. The van der Waals surface area contributed by atoms with Crippen molar-refractivity contribution in [1.82, 2.24) is 4.74 Å². The van der Waals surface area contributed by atoms with E-state index >= 15 is 0 Å². The molecule has 5 rings (SSSR count). The van der Waals surface area contributed by atoms with Crippen LogP contribution in [0.15, 0.2) is 84.0 Å². The molecule has 1 aliphatic rings. The maximum Gasteiger partial charge on any atom is 0.357 e. The van der Waals surface area contributed by atoms with Crippen molar-refractivity contribution >= 4 is 21.5 Å². The van der Waals surface area contributed by atoms with Crippen LogP contribution in [0, 0.1) is 5.21 Å². The first kappa shape index (κ1) is 14.0. The van der Waals surface area contributed by atoms with Gasteiger partial charge in [0.2, 0.25) is 0 Å². The molecule has 4 aromatic carbocycles. The molecule has 25 heavy (non-hydrogen) atoms. The van der Waals surface area contributed by atoms with Gasteiger partial charge in [-0.1, -0.05) is 65.8 Å². The molecule has 4 heteroatoms. The van der Waals surface area contributed by atoms with Gasteiger partial charge >= 0.3 is 6.23 Å². The summed E-state index contributed by atoms with van der Waals surface area (Å²) in [6, 6.07) is 25.3. The molecule has 0 aromatic heterocycles. The fourth-order valence-electron chi connectivity index (χ4n) is 3.50. The highest BCUT2D eigenvalue weighted by atomic mass is 16.7. The van der Waals surface area contributed by atoms with Crippen molar-refractivity contribution in [2.45, 2.75) is 6.23 Å². The molecular weight excluding hydrogens is 312 g/mol. The molecule has 0 fully saturated rings. The number of fused-ring (bicyclic) bond motifs is 6. The Hall–Kier alpha value is -3.40. The quantitative estimate of drug-likeness (QED) is 0.306. The van der Waals surface area contributed by atoms with Crippen molar-refractivity contribution in [3.8, 4) is 0 Å². The van der Waals surface area contributed by atoms with Crippen LogP contribution >= 0.6 is 0 Å². The summed E-state index contributed by atoms with van der Waals surface area (Å²) >= 11 is 0. The molecule has 1 atom stereocenters. The maximum absolute atomic E-state index is 13.2. The summed E-state index contributed by atoms with van der Waals surface area (Å²) in [5, 5.41) is 22.6. The van der Waals surface area contributed by atoms with Gasteiger partial charge in [0.1, 0.15) is 0 Å². The third-order valence-electron chi connectivity index (χ3n) is 4.64. The van der Waals surface area contributed by atoms with Gasteiger partial charge in [0.25, 0.3) is 5.36 Å². The number of hydrogen-bond acceptors (Lipinski definition) is 3. The molecule has 0 aliphatic carbocycles. The fourth-order valence-corrected chi connectivity index (χ4v) is 3.50. The number of benzene rings is 4. The summed E-state index contributed by atoms with van der Waals surface area (Å²) in [7, 11) is 0. The van der Waals surface area contributed by atoms with E-state index in [-0.39, 0.29) is 0 Å². The van der Waals surface area contributed by atoms with Crippen molar-refractivity contribution in [3.05, 3.63) is 100 Å². The van der Waals surface area contributed by atoms with E-state index in [0.717, 1.165) is 31.8 Å². The zero-order valence-corrected chi connectivity index (χ0v) is 13.3. The van der Waals surface area contributed by atoms with Gasteiger partial charge in [0.05, 0.1) is 10.9 Å². The summed E-state index contributed by atoms with van der Waals surface area (Å²) < 4.78 is 0.937. The summed E-state index contributed by atoms with van der Waals surface area (Å²) in [6.45, 7) is 0. The van der Waals surface area contributed by atoms with Gasteiger partial charge in [0, 0.05) is 5.39 Å². The first-order chi connectivity index (χ1) is 12.3.